The van der Waals surface area contributed by atoms with Gasteiger partial charge in [-0.25, -0.2) is 0 Å². The Labute approximate surface area is 91.7 Å². The molecule has 2 heterocycles. The number of hydrogen-bond acceptors (Lipinski definition) is 0. The van der Waals surface area contributed by atoms with Crippen molar-refractivity contribution in [3.63, 3.8) is 0 Å². The van der Waals surface area contributed by atoms with E-state index >= 15 is 0 Å². The molecule has 15 heavy (non-hydrogen) atoms. The van der Waals surface area contributed by atoms with Crippen molar-refractivity contribution in [2.45, 2.75) is 39.7 Å². The average molecular weight is 201 g/mol. The zero-order valence-electron chi connectivity index (χ0n) is 9.66. The van der Waals surface area contributed by atoms with E-state index < -0.39 is 0 Å². The molecule has 1 aromatic carbocycles. The number of aromatic nitrogens is 1. The smallest absolute Gasteiger partial charge is 0.0512 e. The van der Waals surface area contributed by atoms with Gasteiger partial charge in [0.1, 0.15) is 0 Å². The molecule has 0 fully saturated rings. The number of nitrogens with zero attached hydrogens (tertiary/aromatic N) is 1. The largest absolute Gasteiger partial charge is 0.347 e. The zero-order valence-corrected chi connectivity index (χ0v) is 9.66. The maximum atomic E-state index is 2.37. The predicted molar refractivity (Wildman–Crippen MR) is 66.2 cm³/mol. The van der Waals surface area contributed by atoms with Gasteiger partial charge in [-0.1, -0.05) is 38.5 Å². The molecule has 0 saturated heterocycles. The molecule has 0 spiro atoms. The molecule has 0 N–H and O–H groups in total. The van der Waals surface area contributed by atoms with Gasteiger partial charge in [0, 0.05) is 12.7 Å². The van der Waals surface area contributed by atoms with Crippen LogP contribution in [0.1, 0.15) is 32.3 Å². The number of benzene rings is 1. The summed E-state index contributed by atoms with van der Waals surface area (Å²) in [5, 5.41) is 1.40. The van der Waals surface area contributed by atoms with Crippen LogP contribution in [0.3, 0.4) is 0 Å². The molecule has 0 unspecified atom stereocenters. The topological polar surface area (TPSA) is 4.93 Å². The van der Waals surface area contributed by atoms with Crippen LogP contribution in [0.4, 0.5) is 0 Å². The van der Waals surface area contributed by atoms with Crippen LogP contribution < -0.4 is 0 Å². The van der Waals surface area contributed by atoms with Crippen LogP contribution >= 0.6 is 0 Å². The summed E-state index contributed by atoms with van der Waals surface area (Å²) in [5.41, 5.74) is 2.98. The second-order valence-corrected chi connectivity index (χ2v) is 4.17. The number of aryl methyl sites for hydroxylation is 2. The molecule has 0 saturated carbocycles. The van der Waals surface area contributed by atoms with E-state index in [1.807, 2.05) is 0 Å². The van der Waals surface area contributed by atoms with Gasteiger partial charge < -0.3 is 4.57 Å². The molecule has 2 aromatic rings. The van der Waals surface area contributed by atoms with E-state index in [0.717, 1.165) is 0 Å². The highest BCUT2D eigenvalue weighted by molar-refractivity contribution is 5.83. The number of hydrogen-bond donors (Lipinski definition) is 0. The lowest BCUT2D eigenvalue weighted by atomic mass is 10.0. The van der Waals surface area contributed by atoms with E-state index in [0.29, 0.717) is 0 Å². The molecule has 1 nitrogen and oxygen atoms in total. The Kier molecular flexibility index (Phi) is 3.10. The fourth-order valence-corrected chi connectivity index (χ4v) is 2.17. The van der Waals surface area contributed by atoms with Gasteiger partial charge in [0.05, 0.1) is 5.52 Å². The maximum Gasteiger partial charge on any atom is 0.0512 e. The van der Waals surface area contributed by atoms with Gasteiger partial charge in [0.2, 0.25) is 0 Å². The van der Waals surface area contributed by atoms with Crippen molar-refractivity contribution in [2.24, 2.45) is 0 Å². The van der Waals surface area contributed by atoms with Crippen LogP contribution in [-0.4, -0.2) is 4.57 Å². The average Bonchev–Trinajstić information content (AvgIpc) is 2.66. The van der Waals surface area contributed by atoms with E-state index in [-0.39, 0.29) is 0 Å². The minimum Gasteiger partial charge on any atom is -0.347 e. The SMILES string of the molecule is CCC.c1cc2c3c(c1)ccn3CCC2. The molecule has 3 rings (SSSR count). The fraction of sp³-hybridized carbons (Fsp3) is 0.429. The summed E-state index contributed by atoms with van der Waals surface area (Å²) >= 11 is 0. The van der Waals surface area contributed by atoms with Gasteiger partial charge in [-0.15, -0.1) is 0 Å². The molecular formula is C14H19N. The summed E-state index contributed by atoms with van der Waals surface area (Å²) in [7, 11) is 0. The van der Waals surface area contributed by atoms with E-state index in [1.165, 1.54) is 42.3 Å². The Hall–Kier alpha value is -1.24. The van der Waals surface area contributed by atoms with Gasteiger partial charge in [-0.05, 0) is 29.9 Å². The minimum absolute atomic E-state index is 1.19. The molecule has 0 amide bonds. The fourth-order valence-electron chi connectivity index (χ4n) is 2.17. The molecular weight excluding hydrogens is 182 g/mol. The summed E-state index contributed by atoms with van der Waals surface area (Å²) in [6.07, 6.45) is 6.00. The second-order valence-electron chi connectivity index (χ2n) is 4.17. The Morgan fingerprint density at radius 3 is 2.80 bits per heavy atom. The highest BCUT2D eigenvalue weighted by Crippen LogP contribution is 2.25. The number of rotatable bonds is 0. The monoisotopic (exact) mass is 201 g/mol. The van der Waals surface area contributed by atoms with Crippen LogP contribution in [0.25, 0.3) is 10.9 Å². The first-order valence-electron chi connectivity index (χ1n) is 5.93. The molecule has 0 bridgehead atoms. The lowest BCUT2D eigenvalue weighted by Crippen LogP contribution is -2.05. The third-order valence-corrected chi connectivity index (χ3v) is 2.72. The Balaban J connectivity index is 0.000000258. The van der Waals surface area contributed by atoms with Crippen molar-refractivity contribution in [1.29, 1.82) is 0 Å². The standard InChI is InChI=1S/C11H11N.C3H8/c1-3-9-5-2-7-12-8-6-10(4-1)11(9)12;1-3-2/h1,3-4,6,8H,2,5,7H2;3H2,1-2H3. The summed E-state index contributed by atoms with van der Waals surface area (Å²) < 4.78 is 2.37. The normalized spacial score (nSPS) is 13.5. The van der Waals surface area contributed by atoms with E-state index in [9.17, 15) is 0 Å². The third kappa shape index (κ3) is 1.92. The molecule has 1 heteroatoms. The van der Waals surface area contributed by atoms with Gasteiger partial charge in [-0.2, -0.15) is 0 Å². The predicted octanol–water partition coefficient (Wildman–Crippen LogP) is 4.00. The number of para-hydroxylation sites is 1. The van der Waals surface area contributed by atoms with E-state index in [1.54, 1.807) is 0 Å². The van der Waals surface area contributed by atoms with Gasteiger partial charge in [0.25, 0.3) is 0 Å². The van der Waals surface area contributed by atoms with Crippen LogP contribution in [0.5, 0.6) is 0 Å². The Bertz CT molecular complexity index is 440. The van der Waals surface area contributed by atoms with Crippen molar-refractivity contribution >= 4 is 10.9 Å². The van der Waals surface area contributed by atoms with Gasteiger partial charge >= 0.3 is 0 Å². The summed E-state index contributed by atoms with van der Waals surface area (Å²) in [6, 6.07) is 8.82. The molecule has 0 radical (unpaired) electrons. The van der Waals surface area contributed by atoms with Crippen LogP contribution in [0.2, 0.25) is 0 Å². The lowest BCUT2D eigenvalue weighted by molar-refractivity contribution is 0.636. The lowest BCUT2D eigenvalue weighted by Gasteiger charge is -2.14. The first-order valence-corrected chi connectivity index (χ1v) is 5.93. The molecule has 1 aromatic heterocycles. The molecule has 0 atom stereocenters. The second kappa shape index (κ2) is 4.52. The van der Waals surface area contributed by atoms with Crippen LogP contribution in [0, 0.1) is 0 Å². The van der Waals surface area contributed by atoms with Crippen molar-refractivity contribution in [3.8, 4) is 0 Å². The highest BCUT2D eigenvalue weighted by Gasteiger charge is 2.10. The first kappa shape index (κ1) is 10.3. The van der Waals surface area contributed by atoms with Crippen LogP contribution in [-0.2, 0) is 13.0 Å². The van der Waals surface area contributed by atoms with Crippen molar-refractivity contribution < 1.29 is 0 Å². The highest BCUT2D eigenvalue weighted by atomic mass is 15.0. The quantitative estimate of drug-likeness (QED) is 0.607. The summed E-state index contributed by atoms with van der Waals surface area (Å²) in [6.45, 7) is 5.44. The summed E-state index contributed by atoms with van der Waals surface area (Å²) in [5.74, 6) is 0. The Morgan fingerprint density at radius 1 is 1.20 bits per heavy atom. The van der Waals surface area contributed by atoms with Crippen molar-refractivity contribution in [1.82, 2.24) is 4.57 Å². The molecule has 1 aliphatic rings. The molecule has 0 aliphatic carbocycles. The van der Waals surface area contributed by atoms with Crippen molar-refractivity contribution in [3.05, 3.63) is 36.0 Å². The van der Waals surface area contributed by atoms with Gasteiger partial charge in [0.15, 0.2) is 0 Å². The maximum absolute atomic E-state index is 2.37. The molecule has 1 aliphatic heterocycles. The van der Waals surface area contributed by atoms with Crippen LogP contribution in [0.15, 0.2) is 30.5 Å². The Morgan fingerprint density at radius 2 is 2.00 bits per heavy atom. The van der Waals surface area contributed by atoms with E-state index in [4.69, 9.17) is 0 Å². The minimum atomic E-state index is 1.19. The first-order chi connectivity index (χ1) is 7.36. The molecule has 80 valence electrons. The summed E-state index contributed by atoms with van der Waals surface area (Å²) in [4.78, 5) is 0. The third-order valence-electron chi connectivity index (χ3n) is 2.72. The van der Waals surface area contributed by atoms with Gasteiger partial charge in [-0.3, -0.25) is 0 Å². The van der Waals surface area contributed by atoms with Crippen molar-refractivity contribution in [2.75, 3.05) is 0 Å². The van der Waals surface area contributed by atoms with E-state index in [2.05, 4.69) is 48.9 Å². The zero-order chi connectivity index (χ0) is 10.7.